The second kappa shape index (κ2) is 5.58. The molecule has 0 aliphatic rings. The number of nitrogens with one attached hydrogen (secondary N) is 1. The van der Waals surface area contributed by atoms with Crippen LogP contribution in [0.15, 0.2) is 53.6 Å². The van der Waals surface area contributed by atoms with Gasteiger partial charge in [0.1, 0.15) is 11.8 Å². The van der Waals surface area contributed by atoms with Crippen LogP contribution < -0.4 is 5.43 Å². The summed E-state index contributed by atoms with van der Waals surface area (Å²) in [6.07, 6.45) is 0. The van der Waals surface area contributed by atoms with E-state index in [0.717, 1.165) is 11.0 Å². The number of aryl methyl sites for hydroxylation is 1. The van der Waals surface area contributed by atoms with Crippen LogP contribution in [0.1, 0.15) is 5.82 Å². The second-order valence-corrected chi connectivity index (χ2v) is 4.72. The zero-order valence-corrected chi connectivity index (χ0v) is 11.9. The normalized spacial score (nSPS) is 11.4. The van der Waals surface area contributed by atoms with Gasteiger partial charge in [-0.25, -0.2) is 4.98 Å². The molecule has 0 bridgehead atoms. The lowest BCUT2D eigenvalue weighted by Gasteiger charge is -2.03. The Balaban J connectivity index is 1.98. The number of fused-ring (bicyclic) bond motifs is 1. The minimum atomic E-state index is 0.126. The molecule has 0 fully saturated rings. The van der Waals surface area contributed by atoms with Crippen LogP contribution in [0.4, 0.5) is 5.69 Å². The average Bonchev–Trinajstić information content (AvgIpc) is 2.86. The quantitative estimate of drug-likeness (QED) is 0.573. The number of phenolic OH excluding ortho intramolecular Hbond substituents is 1. The van der Waals surface area contributed by atoms with E-state index in [9.17, 15) is 10.4 Å². The van der Waals surface area contributed by atoms with Crippen molar-refractivity contribution >= 4 is 22.4 Å². The predicted octanol–water partition coefficient (Wildman–Crippen LogP) is 2.62. The number of rotatable bonds is 3. The van der Waals surface area contributed by atoms with Gasteiger partial charge in [0.15, 0.2) is 5.82 Å². The van der Waals surface area contributed by atoms with E-state index in [0.29, 0.717) is 11.5 Å². The van der Waals surface area contributed by atoms with Crippen molar-refractivity contribution in [3.8, 4) is 11.8 Å². The topological polar surface area (TPSA) is 86.2 Å². The second-order valence-electron chi connectivity index (χ2n) is 4.72. The zero-order chi connectivity index (χ0) is 15.5. The minimum absolute atomic E-state index is 0.126. The number of hydrazone groups is 1. The summed E-state index contributed by atoms with van der Waals surface area (Å²) in [7, 11) is 1.84. The summed E-state index contributed by atoms with van der Waals surface area (Å²) in [4.78, 5) is 4.43. The first-order chi connectivity index (χ1) is 10.7. The van der Waals surface area contributed by atoms with Crippen LogP contribution in [0, 0.1) is 11.3 Å². The van der Waals surface area contributed by atoms with E-state index < -0.39 is 0 Å². The van der Waals surface area contributed by atoms with Gasteiger partial charge in [-0.1, -0.05) is 18.2 Å². The number of imidazole rings is 1. The summed E-state index contributed by atoms with van der Waals surface area (Å²) in [6, 6.07) is 16.2. The largest absolute Gasteiger partial charge is 0.508 e. The number of benzene rings is 2. The van der Waals surface area contributed by atoms with Crippen LogP contribution in [0.25, 0.3) is 11.0 Å². The highest BCUT2D eigenvalue weighted by Crippen LogP contribution is 2.17. The Bertz CT molecular complexity index is 904. The number of phenols is 1. The summed E-state index contributed by atoms with van der Waals surface area (Å²) < 4.78 is 1.82. The fraction of sp³-hybridized carbons (Fsp3) is 0.0625. The molecule has 1 aromatic heterocycles. The molecule has 0 saturated carbocycles. The molecule has 0 spiro atoms. The van der Waals surface area contributed by atoms with Crippen molar-refractivity contribution in [2.75, 3.05) is 5.43 Å². The van der Waals surface area contributed by atoms with E-state index >= 15 is 0 Å². The lowest BCUT2D eigenvalue weighted by molar-refractivity contribution is 0.475. The first-order valence-corrected chi connectivity index (χ1v) is 6.63. The Morgan fingerprint density at radius 3 is 2.82 bits per heavy atom. The highest BCUT2D eigenvalue weighted by atomic mass is 16.3. The third-order valence-electron chi connectivity index (χ3n) is 3.25. The van der Waals surface area contributed by atoms with Gasteiger partial charge in [-0.2, -0.15) is 10.4 Å². The molecular weight excluding hydrogens is 278 g/mol. The molecule has 0 aliphatic heterocycles. The molecule has 3 aromatic rings. The molecule has 108 valence electrons. The van der Waals surface area contributed by atoms with E-state index in [1.165, 1.54) is 6.07 Å². The zero-order valence-electron chi connectivity index (χ0n) is 11.9. The van der Waals surface area contributed by atoms with Crippen LogP contribution in [0.3, 0.4) is 0 Å². The van der Waals surface area contributed by atoms with E-state index in [1.807, 2.05) is 41.9 Å². The number of aromatic hydroxyl groups is 1. The first-order valence-electron chi connectivity index (χ1n) is 6.63. The number of para-hydroxylation sites is 2. The van der Waals surface area contributed by atoms with Gasteiger partial charge in [0.2, 0.25) is 5.71 Å². The molecule has 0 unspecified atom stereocenters. The molecule has 6 heteroatoms. The Labute approximate surface area is 127 Å². The van der Waals surface area contributed by atoms with E-state index in [2.05, 4.69) is 15.5 Å². The molecular formula is C16H13N5O. The van der Waals surface area contributed by atoms with Gasteiger partial charge < -0.3 is 9.67 Å². The summed E-state index contributed by atoms with van der Waals surface area (Å²) in [5.41, 5.74) is 5.25. The molecule has 2 N–H and O–H groups in total. The van der Waals surface area contributed by atoms with Crippen molar-refractivity contribution in [3.63, 3.8) is 0 Å². The molecule has 22 heavy (non-hydrogen) atoms. The third kappa shape index (κ3) is 2.47. The maximum absolute atomic E-state index is 9.42. The molecule has 6 nitrogen and oxygen atoms in total. The monoisotopic (exact) mass is 291 g/mol. The van der Waals surface area contributed by atoms with Crippen LogP contribution >= 0.6 is 0 Å². The average molecular weight is 291 g/mol. The molecule has 0 saturated heterocycles. The number of aromatic nitrogens is 2. The summed E-state index contributed by atoms with van der Waals surface area (Å²) in [6.45, 7) is 0. The predicted molar refractivity (Wildman–Crippen MR) is 84.6 cm³/mol. The van der Waals surface area contributed by atoms with E-state index in [4.69, 9.17) is 0 Å². The SMILES string of the molecule is Cn1c(/C(C#N)=N\Nc2cccc(O)c2)nc2ccccc21. The van der Waals surface area contributed by atoms with Crippen LogP contribution in [0.2, 0.25) is 0 Å². The summed E-state index contributed by atoms with van der Waals surface area (Å²) in [5.74, 6) is 0.609. The molecule has 3 rings (SSSR count). The molecule has 0 radical (unpaired) electrons. The Morgan fingerprint density at radius 2 is 2.09 bits per heavy atom. The van der Waals surface area contributed by atoms with Crippen molar-refractivity contribution in [1.29, 1.82) is 5.26 Å². The van der Waals surface area contributed by atoms with Gasteiger partial charge >= 0.3 is 0 Å². The van der Waals surface area contributed by atoms with Crippen LogP contribution in [-0.4, -0.2) is 20.4 Å². The van der Waals surface area contributed by atoms with Crippen LogP contribution in [0.5, 0.6) is 5.75 Å². The molecule has 0 amide bonds. The highest BCUT2D eigenvalue weighted by Gasteiger charge is 2.13. The number of nitriles is 1. The molecule has 1 heterocycles. The fourth-order valence-corrected chi connectivity index (χ4v) is 2.18. The lowest BCUT2D eigenvalue weighted by Crippen LogP contribution is -2.08. The molecule has 2 aromatic carbocycles. The number of hydrogen-bond acceptors (Lipinski definition) is 5. The molecule has 0 aliphatic carbocycles. The Kier molecular flexibility index (Phi) is 3.46. The number of nitrogens with zero attached hydrogens (tertiary/aromatic N) is 4. The van der Waals surface area contributed by atoms with Crippen molar-refractivity contribution in [3.05, 3.63) is 54.4 Å². The summed E-state index contributed by atoms with van der Waals surface area (Å²) in [5, 5.41) is 22.9. The Hall–Kier alpha value is -3.33. The minimum Gasteiger partial charge on any atom is -0.508 e. The van der Waals surface area contributed by atoms with Gasteiger partial charge in [-0.15, -0.1) is 0 Å². The highest BCUT2D eigenvalue weighted by molar-refractivity contribution is 6.11. The van der Waals surface area contributed by atoms with Gasteiger partial charge in [0.05, 0.1) is 16.7 Å². The summed E-state index contributed by atoms with van der Waals surface area (Å²) >= 11 is 0. The van der Waals surface area contributed by atoms with E-state index in [1.54, 1.807) is 18.2 Å². The number of anilines is 1. The number of hydrogen-bond donors (Lipinski definition) is 2. The first kappa shape index (κ1) is 13.6. The standard InChI is InChI=1S/C16H13N5O/c1-21-15-8-3-2-7-13(15)18-16(21)14(10-17)20-19-11-5-4-6-12(22)9-11/h2-9,19,22H,1H3/b20-14-. The van der Waals surface area contributed by atoms with Gasteiger partial charge in [-0.3, -0.25) is 5.43 Å². The smallest absolute Gasteiger partial charge is 0.203 e. The van der Waals surface area contributed by atoms with E-state index in [-0.39, 0.29) is 11.5 Å². The fourth-order valence-electron chi connectivity index (χ4n) is 2.18. The van der Waals surface area contributed by atoms with Gasteiger partial charge in [-0.05, 0) is 24.3 Å². The maximum atomic E-state index is 9.42. The van der Waals surface area contributed by atoms with Crippen molar-refractivity contribution < 1.29 is 5.11 Å². The van der Waals surface area contributed by atoms with Gasteiger partial charge in [0.25, 0.3) is 0 Å². The lowest BCUT2D eigenvalue weighted by atomic mass is 10.3. The Morgan fingerprint density at radius 1 is 1.27 bits per heavy atom. The molecule has 0 atom stereocenters. The van der Waals surface area contributed by atoms with Crippen molar-refractivity contribution in [2.45, 2.75) is 0 Å². The van der Waals surface area contributed by atoms with Crippen LogP contribution in [-0.2, 0) is 7.05 Å². The van der Waals surface area contributed by atoms with Crippen molar-refractivity contribution in [2.24, 2.45) is 12.1 Å². The van der Waals surface area contributed by atoms with Crippen molar-refractivity contribution in [1.82, 2.24) is 9.55 Å². The van der Waals surface area contributed by atoms with Gasteiger partial charge in [0, 0.05) is 13.1 Å². The maximum Gasteiger partial charge on any atom is 0.203 e. The third-order valence-corrected chi connectivity index (χ3v) is 3.25.